The van der Waals surface area contributed by atoms with E-state index in [0.29, 0.717) is 0 Å². The van der Waals surface area contributed by atoms with Crippen molar-refractivity contribution in [3.8, 4) is 0 Å². The van der Waals surface area contributed by atoms with Gasteiger partial charge in [0.2, 0.25) is 0 Å². The molecule has 0 bridgehead atoms. The summed E-state index contributed by atoms with van der Waals surface area (Å²) in [5.41, 5.74) is 0. The van der Waals surface area contributed by atoms with Crippen LogP contribution in [-0.2, 0) is 4.74 Å². The third-order valence-corrected chi connectivity index (χ3v) is 3.58. The first-order valence-electron chi connectivity index (χ1n) is 7.18. The van der Waals surface area contributed by atoms with E-state index in [1.54, 1.807) is 0 Å². The number of ether oxygens (including phenoxy) is 1. The highest BCUT2D eigenvalue weighted by molar-refractivity contribution is 4.71. The number of hydrogen-bond donors (Lipinski definition) is 1. The summed E-state index contributed by atoms with van der Waals surface area (Å²) in [6, 6.07) is 0.757. The molecule has 1 N–H and O–H groups in total. The summed E-state index contributed by atoms with van der Waals surface area (Å²) < 4.78 is 5.39. The molecular formula is C14H29NO. The van der Waals surface area contributed by atoms with Gasteiger partial charge in [-0.15, -0.1) is 0 Å². The summed E-state index contributed by atoms with van der Waals surface area (Å²) >= 11 is 0. The van der Waals surface area contributed by atoms with Crippen LogP contribution >= 0.6 is 0 Å². The molecule has 1 rings (SSSR count). The Morgan fingerprint density at radius 2 is 1.88 bits per heavy atom. The van der Waals surface area contributed by atoms with Gasteiger partial charge in [-0.25, -0.2) is 0 Å². The van der Waals surface area contributed by atoms with Gasteiger partial charge in [-0.3, -0.25) is 0 Å². The quantitative estimate of drug-likeness (QED) is 0.686. The van der Waals surface area contributed by atoms with Gasteiger partial charge < -0.3 is 10.1 Å². The second-order valence-electron chi connectivity index (χ2n) is 5.09. The molecule has 1 heterocycles. The van der Waals surface area contributed by atoms with E-state index in [1.807, 2.05) is 0 Å². The summed E-state index contributed by atoms with van der Waals surface area (Å²) in [4.78, 5) is 0. The maximum absolute atomic E-state index is 5.39. The van der Waals surface area contributed by atoms with Gasteiger partial charge >= 0.3 is 0 Å². The molecule has 0 saturated carbocycles. The zero-order valence-electron chi connectivity index (χ0n) is 11.1. The van der Waals surface area contributed by atoms with Crippen LogP contribution in [0.1, 0.15) is 58.8 Å². The van der Waals surface area contributed by atoms with Gasteiger partial charge in [0.1, 0.15) is 0 Å². The average Bonchev–Trinajstić information content (AvgIpc) is 2.34. The van der Waals surface area contributed by atoms with Gasteiger partial charge in [0.05, 0.1) is 0 Å². The summed E-state index contributed by atoms with van der Waals surface area (Å²) in [5.74, 6) is 0.856. The molecule has 2 nitrogen and oxygen atoms in total. The van der Waals surface area contributed by atoms with Gasteiger partial charge in [-0.2, -0.15) is 0 Å². The highest BCUT2D eigenvalue weighted by atomic mass is 16.5. The Morgan fingerprint density at radius 3 is 2.50 bits per heavy atom. The predicted octanol–water partition coefficient (Wildman–Crippen LogP) is 3.36. The number of hydrogen-bond acceptors (Lipinski definition) is 2. The van der Waals surface area contributed by atoms with Gasteiger partial charge in [0.15, 0.2) is 0 Å². The van der Waals surface area contributed by atoms with Crippen molar-refractivity contribution in [2.24, 2.45) is 5.92 Å². The first-order valence-corrected chi connectivity index (χ1v) is 7.18. The minimum Gasteiger partial charge on any atom is -0.381 e. The van der Waals surface area contributed by atoms with E-state index in [2.05, 4.69) is 19.2 Å². The first-order chi connectivity index (χ1) is 7.86. The van der Waals surface area contributed by atoms with Gasteiger partial charge in [0, 0.05) is 19.3 Å². The summed E-state index contributed by atoms with van der Waals surface area (Å²) in [6.07, 6.45) is 9.18. The minimum atomic E-state index is 0.757. The number of nitrogens with one attached hydrogen (secondary N) is 1. The monoisotopic (exact) mass is 227 g/mol. The van der Waals surface area contributed by atoms with Crippen molar-refractivity contribution in [2.75, 3.05) is 19.8 Å². The Bertz CT molecular complexity index is 155. The molecule has 16 heavy (non-hydrogen) atoms. The average molecular weight is 227 g/mol. The molecule has 1 unspecified atom stereocenters. The highest BCUT2D eigenvalue weighted by Gasteiger charge is 2.15. The van der Waals surface area contributed by atoms with Crippen LogP contribution in [-0.4, -0.2) is 25.8 Å². The normalized spacial score (nSPS) is 19.9. The van der Waals surface area contributed by atoms with Crippen molar-refractivity contribution in [2.45, 2.75) is 64.8 Å². The summed E-state index contributed by atoms with van der Waals surface area (Å²) in [7, 11) is 0. The Balaban J connectivity index is 2.14. The molecule has 1 saturated heterocycles. The van der Waals surface area contributed by atoms with Crippen LogP contribution in [0.25, 0.3) is 0 Å². The maximum Gasteiger partial charge on any atom is 0.0469 e. The zero-order valence-corrected chi connectivity index (χ0v) is 11.1. The largest absolute Gasteiger partial charge is 0.381 e. The lowest BCUT2D eigenvalue weighted by molar-refractivity contribution is 0.0652. The molecule has 96 valence electrons. The van der Waals surface area contributed by atoms with Crippen molar-refractivity contribution in [1.82, 2.24) is 5.32 Å². The molecule has 0 amide bonds. The second-order valence-corrected chi connectivity index (χ2v) is 5.09. The molecule has 0 aromatic heterocycles. The second kappa shape index (κ2) is 9.00. The lowest BCUT2D eigenvalue weighted by atomic mass is 9.98. The Labute approximate surface area is 101 Å². The molecule has 1 atom stereocenters. The van der Waals surface area contributed by atoms with E-state index in [9.17, 15) is 0 Å². The van der Waals surface area contributed by atoms with E-state index in [1.165, 1.54) is 51.5 Å². The molecule has 1 aliphatic rings. The lowest BCUT2D eigenvalue weighted by Crippen LogP contribution is -2.35. The van der Waals surface area contributed by atoms with Crippen LogP contribution in [0, 0.1) is 5.92 Å². The SMILES string of the molecule is CCCCC(CCC)NCC1CCOCC1. The topological polar surface area (TPSA) is 21.3 Å². The Hall–Kier alpha value is -0.0800. The van der Waals surface area contributed by atoms with Crippen molar-refractivity contribution >= 4 is 0 Å². The van der Waals surface area contributed by atoms with Crippen molar-refractivity contribution < 1.29 is 4.74 Å². The van der Waals surface area contributed by atoms with Crippen LogP contribution in [0.4, 0.5) is 0 Å². The van der Waals surface area contributed by atoms with E-state index in [-0.39, 0.29) is 0 Å². The third-order valence-electron chi connectivity index (χ3n) is 3.58. The maximum atomic E-state index is 5.39. The Morgan fingerprint density at radius 1 is 1.12 bits per heavy atom. The molecule has 0 aromatic carbocycles. The van der Waals surface area contributed by atoms with Crippen LogP contribution in [0.15, 0.2) is 0 Å². The molecule has 0 spiro atoms. The fourth-order valence-electron chi connectivity index (χ4n) is 2.43. The van der Waals surface area contributed by atoms with Crippen molar-refractivity contribution in [3.63, 3.8) is 0 Å². The Kier molecular flexibility index (Phi) is 7.87. The van der Waals surface area contributed by atoms with E-state index in [0.717, 1.165) is 25.2 Å². The third kappa shape index (κ3) is 5.86. The van der Waals surface area contributed by atoms with Crippen LogP contribution < -0.4 is 5.32 Å². The molecule has 2 heteroatoms. The van der Waals surface area contributed by atoms with Crippen molar-refractivity contribution in [1.29, 1.82) is 0 Å². The minimum absolute atomic E-state index is 0.757. The van der Waals surface area contributed by atoms with Crippen molar-refractivity contribution in [3.05, 3.63) is 0 Å². The molecule has 0 radical (unpaired) electrons. The zero-order chi connectivity index (χ0) is 11.6. The predicted molar refractivity (Wildman–Crippen MR) is 69.8 cm³/mol. The van der Waals surface area contributed by atoms with E-state index >= 15 is 0 Å². The van der Waals surface area contributed by atoms with Gasteiger partial charge in [-0.1, -0.05) is 33.1 Å². The standard InChI is InChI=1S/C14H29NO/c1-3-5-7-14(6-4-2)15-12-13-8-10-16-11-9-13/h13-15H,3-12H2,1-2H3. The fraction of sp³-hybridized carbons (Fsp3) is 1.00. The van der Waals surface area contributed by atoms with E-state index < -0.39 is 0 Å². The number of unbranched alkanes of at least 4 members (excludes halogenated alkanes) is 1. The lowest BCUT2D eigenvalue weighted by Gasteiger charge is -2.25. The molecule has 1 aliphatic heterocycles. The molecule has 0 aliphatic carbocycles. The van der Waals surface area contributed by atoms with Crippen LogP contribution in [0.5, 0.6) is 0 Å². The van der Waals surface area contributed by atoms with Crippen LogP contribution in [0.3, 0.4) is 0 Å². The molecular weight excluding hydrogens is 198 g/mol. The highest BCUT2D eigenvalue weighted by Crippen LogP contribution is 2.15. The summed E-state index contributed by atoms with van der Waals surface area (Å²) in [6.45, 7) is 7.72. The number of rotatable bonds is 8. The smallest absolute Gasteiger partial charge is 0.0469 e. The molecule has 0 aromatic rings. The molecule has 1 fully saturated rings. The van der Waals surface area contributed by atoms with Gasteiger partial charge in [-0.05, 0) is 38.1 Å². The fourth-order valence-corrected chi connectivity index (χ4v) is 2.43. The van der Waals surface area contributed by atoms with Gasteiger partial charge in [0.25, 0.3) is 0 Å². The summed E-state index contributed by atoms with van der Waals surface area (Å²) in [5, 5.41) is 3.77. The first kappa shape index (κ1) is 14.0. The van der Waals surface area contributed by atoms with Crippen LogP contribution in [0.2, 0.25) is 0 Å². The van der Waals surface area contributed by atoms with E-state index in [4.69, 9.17) is 4.74 Å².